The first kappa shape index (κ1) is 29.0. The van der Waals surface area contributed by atoms with Crippen LogP contribution in [0.25, 0.3) is 94.3 Å². The van der Waals surface area contributed by atoms with Gasteiger partial charge in [0.15, 0.2) is 17.5 Å². The van der Waals surface area contributed by atoms with Crippen molar-refractivity contribution in [1.29, 1.82) is 0 Å². The van der Waals surface area contributed by atoms with E-state index in [1.807, 2.05) is 0 Å². The molecule has 10 aromatic rings. The van der Waals surface area contributed by atoms with E-state index in [9.17, 15) is 0 Å². The lowest BCUT2D eigenvalue weighted by molar-refractivity contribution is 1.07. The summed E-state index contributed by atoms with van der Waals surface area (Å²) >= 11 is 0. The van der Waals surface area contributed by atoms with Crippen LogP contribution in [0.3, 0.4) is 0 Å². The maximum Gasteiger partial charge on any atom is 0.166 e. The lowest BCUT2D eigenvalue weighted by atomic mass is 10.0. The van der Waals surface area contributed by atoms with Crippen LogP contribution in [0.5, 0.6) is 0 Å². The minimum Gasteiger partial charge on any atom is -0.308 e. The minimum atomic E-state index is 0.618. The molecule has 4 nitrogen and oxygen atoms in total. The molecule has 8 aromatic carbocycles. The van der Waals surface area contributed by atoms with E-state index >= 15 is 0 Å². The van der Waals surface area contributed by atoms with E-state index in [1.165, 1.54) is 16.2 Å². The predicted molar refractivity (Wildman–Crippen MR) is 211 cm³/mol. The fourth-order valence-electron chi connectivity index (χ4n) is 7.39. The van der Waals surface area contributed by atoms with Crippen molar-refractivity contribution >= 4 is 43.4 Å². The summed E-state index contributed by atoms with van der Waals surface area (Å²) in [4.78, 5) is 15.8. The average Bonchev–Trinajstić information content (AvgIpc) is 3.54. The Morgan fingerprint density at radius 1 is 0.314 bits per heavy atom. The highest BCUT2D eigenvalue weighted by Gasteiger charge is 2.21. The fourth-order valence-corrected chi connectivity index (χ4v) is 7.39. The van der Waals surface area contributed by atoms with Crippen molar-refractivity contribution in [2.24, 2.45) is 0 Å². The zero-order chi connectivity index (χ0) is 33.7. The molecule has 0 saturated heterocycles. The predicted octanol–water partition coefficient (Wildman–Crippen LogP) is 11.9. The van der Waals surface area contributed by atoms with E-state index in [0.29, 0.717) is 17.5 Å². The Labute approximate surface area is 295 Å². The molecule has 0 atom stereocenters. The van der Waals surface area contributed by atoms with Gasteiger partial charge < -0.3 is 4.57 Å². The van der Waals surface area contributed by atoms with Gasteiger partial charge in [-0.15, -0.1) is 0 Å². The van der Waals surface area contributed by atoms with Gasteiger partial charge in [-0.05, 0) is 63.0 Å². The Morgan fingerprint density at radius 3 is 1.65 bits per heavy atom. The summed E-state index contributed by atoms with van der Waals surface area (Å²) in [6.45, 7) is 0. The first-order valence-electron chi connectivity index (χ1n) is 17.2. The van der Waals surface area contributed by atoms with Gasteiger partial charge >= 0.3 is 0 Å². The second-order valence-corrected chi connectivity index (χ2v) is 12.9. The standard InChI is InChI=1S/C47H30N4/c1-2-13-31(14-3-1)35-27-28-41(44(30-35)51-42-23-10-8-20-38(42)39-21-9-11-24-43(39)51)47-49-45(36-26-25-32-15-4-5-17-34(32)29-36)48-46(50-47)40-22-12-18-33-16-6-7-19-37(33)40/h1-30H. The zero-order valence-corrected chi connectivity index (χ0v) is 27.6. The van der Waals surface area contributed by atoms with Gasteiger partial charge in [-0.3, -0.25) is 0 Å². The van der Waals surface area contributed by atoms with Gasteiger partial charge in [0, 0.05) is 27.5 Å². The van der Waals surface area contributed by atoms with E-state index in [-0.39, 0.29) is 0 Å². The van der Waals surface area contributed by atoms with Crippen molar-refractivity contribution in [3.8, 4) is 51.0 Å². The first-order chi connectivity index (χ1) is 25.3. The molecule has 51 heavy (non-hydrogen) atoms. The van der Waals surface area contributed by atoms with Crippen LogP contribution >= 0.6 is 0 Å². The highest BCUT2D eigenvalue weighted by atomic mass is 15.1. The molecule has 0 spiro atoms. The Morgan fingerprint density at radius 2 is 0.882 bits per heavy atom. The van der Waals surface area contributed by atoms with Gasteiger partial charge in [0.2, 0.25) is 0 Å². The van der Waals surface area contributed by atoms with Gasteiger partial charge in [0.05, 0.1) is 16.7 Å². The molecule has 0 fully saturated rings. The van der Waals surface area contributed by atoms with Crippen LogP contribution in [0, 0.1) is 0 Å². The third kappa shape index (κ3) is 4.96. The molecule has 238 valence electrons. The lowest BCUT2D eigenvalue weighted by Gasteiger charge is -2.17. The second kappa shape index (κ2) is 11.9. The van der Waals surface area contributed by atoms with Crippen molar-refractivity contribution in [3.63, 3.8) is 0 Å². The monoisotopic (exact) mass is 650 g/mol. The fraction of sp³-hybridized carbons (Fsp3) is 0. The topological polar surface area (TPSA) is 43.6 Å². The van der Waals surface area contributed by atoms with Crippen molar-refractivity contribution in [1.82, 2.24) is 19.5 Å². The van der Waals surface area contributed by atoms with E-state index in [1.54, 1.807) is 0 Å². The van der Waals surface area contributed by atoms with Crippen molar-refractivity contribution < 1.29 is 0 Å². The molecule has 0 saturated carbocycles. The molecule has 0 unspecified atom stereocenters. The summed E-state index contributed by atoms with van der Waals surface area (Å²) < 4.78 is 2.36. The molecule has 0 bridgehead atoms. The molecular formula is C47H30N4. The van der Waals surface area contributed by atoms with Crippen LogP contribution in [-0.2, 0) is 0 Å². The van der Waals surface area contributed by atoms with E-state index < -0.39 is 0 Å². The smallest absolute Gasteiger partial charge is 0.166 e. The maximum atomic E-state index is 5.31. The molecule has 2 aromatic heterocycles. The van der Waals surface area contributed by atoms with Gasteiger partial charge in [-0.1, -0.05) is 152 Å². The summed E-state index contributed by atoms with van der Waals surface area (Å²) in [6.07, 6.45) is 0. The van der Waals surface area contributed by atoms with Crippen LogP contribution in [0.4, 0.5) is 0 Å². The van der Waals surface area contributed by atoms with Gasteiger partial charge in [-0.2, -0.15) is 0 Å². The summed E-state index contributed by atoms with van der Waals surface area (Å²) in [7, 11) is 0. The van der Waals surface area contributed by atoms with Gasteiger partial charge in [0.25, 0.3) is 0 Å². The van der Waals surface area contributed by atoms with Crippen molar-refractivity contribution in [2.45, 2.75) is 0 Å². The molecule has 4 heteroatoms. The van der Waals surface area contributed by atoms with E-state index in [0.717, 1.165) is 60.7 Å². The molecular weight excluding hydrogens is 621 g/mol. The van der Waals surface area contributed by atoms with Crippen LogP contribution in [0.15, 0.2) is 182 Å². The quantitative estimate of drug-likeness (QED) is 0.186. The molecule has 10 rings (SSSR count). The van der Waals surface area contributed by atoms with Gasteiger partial charge in [0.1, 0.15) is 0 Å². The third-order valence-corrected chi connectivity index (χ3v) is 9.84. The summed E-state index contributed by atoms with van der Waals surface area (Å²) in [5.74, 6) is 1.89. The maximum absolute atomic E-state index is 5.31. The van der Waals surface area contributed by atoms with Crippen LogP contribution in [-0.4, -0.2) is 19.5 Å². The van der Waals surface area contributed by atoms with Crippen molar-refractivity contribution in [2.75, 3.05) is 0 Å². The molecule has 0 aliphatic rings. The molecule has 0 N–H and O–H groups in total. The number of para-hydroxylation sites is 2. The Kier molecular flexibility index (Phi) is 6.78. The van der Waals surface area contributed by atoms with Crippen LogP contribution < -0.4 is 0 Å². The Bertz CT molecular complexity index is 2870. The molecule has 0 amide bonds. The minimum absolute atomic E-state index is 0.618. The van der Waals surface area contributed by atoms with Crippen molar-refractivity contribution in [3.05, 3.63) is 182 Å². The highest BCUT2D eigenvalue weighted by molar-refractivity contribution is 6.10. The number of aromatic nitrogens is 4. The summed E-state index contributed by atoms with van der Waals surface area (Å²) in [6, 6.07) is 64.0. The zero-order valence-electron chi connectivity index (χ0n) is 27.6. The lowest BCUT2D eigenvalue weighted by Crippen LogP contribution is -2.04. The van der Waals surface area contributed by atoms with E-state index in [4.69, 9.17) is 15.0 Å². The van der Waals surface area contributed by atoms with Crippen LogP contribution in [0.2, 0.25) is 0 Å². The van der Waals surface area contributed by atoms with E-state index in [2.05, 4.69) is 187 Å². The Hall–Kier alpha value is -6.91. The highest BCUT2D eigenvalue weighted by Crippen LogP contribution is 2.39. The molecule has 0 aliphatic heterocycles. The largest absolute Gasteiger partial charge is 0.308 e. The van der Waals surface area contributed by atoms with Gasteiger partial charge in [-0.25, -0.2) is 15.0 Å². The number of nitrogens with zero attached hydrogens (tertiary/aromatic N) is 4. The number of fused-ring (bicyclic) bond motifs is 5. The molecule has 0 radical (unpaired) electrons. The number of benzene rings is 8. The number of rotatable bonds is 5. The second-order valence-electron chi connectivity index (χ2n) is 12.9. The Balaban J connectivity index is 1.29. The summed E-state index contributed by atoms with van der Waals surface area (Å²) in [5.41, 5.74) is 8.37. The summed E-state index contributed by atoms with van der Waals surface area (Å²) in [5, 5.41) is 6.96. The normalized spacial score (nSPS) is 11.5. The molecule has 0 aliphatic carbocycles. The molecule has 2 heterocycles. The number of hydrogen-bond acceptors (Lipinski definition) is 3. The van der Waals surface area contributed by atoms with Crippen LogP contribution in [0.1, 0.15) is 0 Å². The number of hydrogen-bond donors (Lipinski definition) is 0. The first-order valence-corrected chi connectivity index (χ1v) is 17.2. The SMILES string of the molecule is c1ccc(-c2ccc(-c3nc(-c4ccc5ccccc5c4)nc(-c4cccc5ccccc45)n3)c(-n3c4ccccc4c4ccccc43)c2)cc1. The third-order valence-electron chi connectivity index (χ3n) is 9.84. The average molecular weight is 651 g/mol.